The number of carbonyl (C=O) groups is 2. The molecule has 3 heterocycles. The zero-order chi connectivity index (χ0) is 20.5. The number of likely N-dealkylation sites (tertiary alicyclic amines) is 1. The highest BCUT2D eigenvalue weighted by Gasteiger charge is 2.41. The first kappa shape index (κ1) is 19.8. The third-order valence-electron chi connectivity index (χ3n) is 4.30. The number of rotatable bonds is 3. The van der Waals surface area contributed by atoms with Gasteiger partial charge in [0, 0.05) is 19.7 Å². The van der Waals surface area contributed by atoms with Gasteiger partial charge in [0.2, 0.25) is 5.91 Å². The quantitative estimate of drug-likeness (QED) is 0.872. The summed E-state index contributed by atoms with van der Waals surface area (Å²) in [5.41, 5.74) is 1.28. The van der Waals surface area contributed by atoms with E-state index in [4.69, 9.17) is 4.74 Å². The minimum absolute atomic E-state index is 0.0639. The van der Waals surface area contributed by atoms with Crippen molar-refractivity contribution >= 4 is 17.7 Å². The first-order valence-corrected chi connectivity index (χ1v) is 9.03. The van der Waals surface area contributed by atoms with Crippen molar-refractivity contribution in [3.63, 3.8) is 0 Å². The topological polar surface area (TPSA) is 89.4 Å². The van der Waals surface area contributed by atoms with Crippen molar-refractivity contribution in [2.75, 3.05) is 11.9 Å². The van der Waals surface area contributed by atoms with Crippen LogP contribution in [0.25, 0.3) is 11.4 Å². The van der Waals surface area contributed by atoms with Crippen LogP contribution in [-0.2, 0) is 16.6 Å². The molecule has 1 N–H and O–H groups in total. The summed E-state index contributed by atoms with van der Waals surface area (Å²) in [4.78, 5) is 30.4. The number of carbonyl (C=O) groups excluding carboxylic acids is 2. The van der Waals surface area contributed by atoms with Crippen molar-refractivity contribution in [3.05, 3.63) is 30.6 Å². The maximum Gasteiger partial charge on any atom is 0.411 e. The molecular weight excluding hydrogens is 365 g/mol. The number of aromatic nitrogens is 3. The number of aryl methyl sites for hydroxylation is 1. The Bertz CT molecular complexity index is 859. The monoisotopic (exact) mass is 389 g/mol. The van der Waals surface area contributed by atoms with Crippen molar-refractivity contribution in [3.8, 4) is 11.4 Å². The maximum absolute atomic E-state index is 13.9. The molecule has 2 aromatic heterocycles. The molecule has 0 aromatic carbocycles. The van der Waals surface area contributed by atoms with Crippen LogP contribution in [0.2, 0.25) is 0 Å². The van der Waals surface area contributed by atoms with Crippen LogP contribution in [0.15, 0.2) is 30.6 Å². The third kappa shape index (κ3) is 4.47. The van der Waals surface area contributed by atoms with Crippen molar-refractivity contribution in [1.29, 1.82) is 0 Å². The fraction of sp³-hybridized carbons (Fsp3) is 0.474. The van der Waals surface area contributed by atoms with Gasteiger partial charge in [-0.25, -0.2) is 9.18 Å². The second-order valence-electron chi connectivity index (χ2n) is 7.74. The minimum atomic E-state index is -1.27. The lowest BCUT2D eigenvalue weighted by molar-refractivity contribution is -0.120. The van der Waals surface area contributed by atoms with E-state index in [2.05, 4.69) is 15.4 Å². The van der Waals surface area contributed by atoms with Crippen molar-refractivity contribution < 1.29 is 18.7 Å². The Balaban J connectivity index is 1.69. The van der Waals surface area contributed by atoms with E-state index in [-0.39, 0.29) is 13.0 Å². The summed E-state index contributed by atoms with van der Waals surface area (Å²) in [5.74, 6) is -0.471. The fourth-order valence-electron chi connectivity index (χ4n) is 3.03. The van der Waals surface area contributed by atoms with Gasteiger partial charge in [-0.15, -0.1) is 0 Å². The standard InChI is InChI=1S/C19H24FN5O3/c1-19(2,3)28-18(27)25-11-12(20)9-16(25)17(26)23-13-5-6-14(21-10-13)15-7-8-22-24(15)4/h5-8,10,12,16H,9,11H2,1-4H3,(H,23,26)/t12-,16+/m0/s1. The van der Waals surface area contributed by atoms with E-state index in [1.807, 2.05) is 13.1 Å². The van der Waals surface area contributed by atoms with Gasteiger partial charge in [-0.3, -0.25) is 19.4 Å². The maximum atomic E-state index is 13.9. The Morgan fingerprint density at radius 2 is 2.04 bits per heavy atom. The van der Waals surface area contributed by atoms with Crippen LogP contribution < -0.4 is 5.32 Å². The number of hydrogen-bond donors (Lipinski definition) is 1. The summed E-state index contributed by atoms with van der Waals surface area (Å²) in [6.07, 6.45) is 1.16. The lowest BCUT2D eigenvalue weighted by Crippen LogP contribution is -2.45. The van der Waals surface area contributed by atoms with Crippen molar-refractivity contribution in [2.24, 2.45) is 7.05 Å². The summed E-state index contributed by atoms with van der Waals surface area (Å²) in [6.45, 7) is 5.00. The molecule has 1 aliphatic rings. The molecule has 1 saturated heterocycles. The molecule has 0 unspecified atom stereocenters. The van der Waals surface area contributed by atoms with Gasteiger partial charge in [0.05, 0.1) is 29.8 Å². The van der Waals surface area contributed by atoms with E-state index in [1.165, 1.54) is 6.20 Å². The van der Waals surface area contributed by atoms with Gasteiger partial charge >= 0.3 is 6.09 Å². The first-order chi connectivity index (χ1) is 13.1. The highest BCUT2D eigenvalue weighted by molar-refractivity contribution is 5.97. The molecule has 9 heteroatoms. The predicted molar refractivity (Wildman–Crippen MR) is 101 cm³/mol. The van der Waals surface area contributed by atoms with Gasteiger partial charge in [-0.1, -0.05) is 0 Å². The minimum Gasteiger partial charge on any atom is -0.444 e. The summed E-state index contributed by atoms with van der Waals surface area (Å²) in [5, 5.41) is 6.79. The van der Waals surface area contributed by atoms with Gasteiger partial charge in [-0.2, -0.15) is 5.10 Å². The molecular formula is C19H24FN5O3. The molecule has 2 amide bonds. The van der Waals surface area contributed by atoms with Gasteiger partial charge in [0.1, 0.15) is 17.8 Å². The largest absolute Gasteiger partial charge is 0.444 e. The number of nitrogens with zero attached hydrogens (tertiary/aromatic N) is 4. The Kier molecular flexibility index (Phi) is 5.35. The van der Waals surface area contributed by atoms with Gasteiger partial charge in [-0.05, 0) is 39.0 Å². The van der Waals surface area contributed by atoms with Crippen LogP contribution in [0.4, 0.5) is 14.9 Å². The normalized spacial score (nSPS) is 19.5. The van der Waals surface area contributed by atoms with E-state index >= 15 is 0 Å². The summed E-state index contributed by atoms with van der Waals surface area (Å²) < 4.78 is 20.9. The SMILES string of the molecule is Cn1nccc1-c1ccc(NC(=O)[C@H]2C[C@H](F)CN2C(=O)OC(C)(C)C)cn1. The van der Waals surface area contributed by atoms with Gasteiger partial charge in [0.25, 0.3) is 0 Å². The van der Waals surface area contributed by atoms with Crippen molar-refractivity contribution in [1.82, 2.24) is 19.7 Å². The van der Waals surface area contributed by atoms with E-state index < -0.39 is 29.8 Å². The molecule has 0 spiro atoms. The molecule has 3 rings (SSSR count). The first-order valence-electron chi connectivity index (χ1n) is 9.03. The highest BCUT2D eigenvalue weighted by atomic mass is 19.1. The Labute approximate surface area is 162 Å². The molecule has 1 aliphatic heterocycles. The van der Waals surface area contributed by atoms with Gasteiger partial charge in [0.15, 0.2) is 0 Å². The molecule has 0 saturated carbocycles. The molecule has 8 nitrogen and oxygen atoms in total. The Morgan fingerprint density at radius 3 is 2.61 bits per heavy atom. The molecule has 0 radical (unpaired) electrons. The zero-order valence-corrected chi connectivity index (χ0v) is 16.3. The van der Waals surface area contributed by atoms with E-state index in [1.54, 1.807) is 43.8 Å². The number of anilines is 1. The lowest BCUT2D eigenvalue weighted by Gasteiger charge is -2.27. The average Bonchev–Trinajstić information content (AvgIpc) is 3.20. The average molecular weight is 389 g/mol. The second kappa shape index (κ2) is 7.57. The summed E-state index contributed by atoms with van der Waals surface area (Å²) in [6, 6.07) is 4.36. The third-order valence-corrected chi connectivity index (χ3v) is 4.30. The lowest BCUT2D eigenvalue weighted by atomic mass is 10.2. The zero-order valence-electron chi connectivity index (χ0n) is 16.3. The van der Waals surface area contributed by atoms with Crippen LogP contribution in [0.3, 0.4) is 0 Å². The van der Waals surface area contributed by atoms with E-state index in [0.717, 1.165) is 10.6 Å². The van der Waals surface area contributed by atoms with Crippen LogP contribution in [0.5, 0.6) is 0 Å². The van der Waals surface area contributed by atoms with Gasteiger partial charge < -0.3 is 10.1 Å². The number of alkyl halides is 1. The second-order valence-corrected chi connectivity index (χ2v) is 7.74. The predicted octanol–water partition coefficient (Wildman–Crippen LogP) is 2.77. The van der Waals surface area contributed by atoms with Crippen LogP contribution in [0, 0.1) is 0 Å². The molecule has 2 aromatic rings. The number of amides is 2. The summed E-state index contributed by atoms with van der Waals surface area (Å²) in [7, 11) is 1.81. The molecule has 0 bridgehead atoms. The fourth-order valence-corrected chi connectivity index (χ4v) is 3.03. The number of ether oxygens (including phenoxy) is 1. The van der Waals surface area contributed by atoms with Crippen LogP contribution in [0.1, 0.15) is 27.2 Å². The highest BCUT2D eigenvalue weighted by Crippen LogP contribution is 2.25. The number of pyridine rings is 1. The number of hydrogen-bond acceptors (Lipinski definition) is 5. The Morgan fingerprint density at radius 1 is 1.29 bits per heavy atom. The molecule has 1 fully saturated rings. The Hall–Kier alpha value is -2.97. The van der Waals surface area contributed by atoms with E-state index in [0.29, 0.717) is 11.4 Å². The van der Waals surface area contributed by atoms with Crippen LogP contribution >= 0.6 is 0 Å². The van der Waals surface area contributed by atoms with Crippen LogP contribution in [-0.4, -0.2) is 56.0 Å². The number of halogens is 1. The van der Waals surface area contributed by atoms with Crippen molar-refractivity contribution in [2.45, 2.75) is 45.0 Å². The smallest absolute Gasteiger partial charge is 0.411 e. The molecule has 28 heavy (non-hydrogen) atoms. The molecule has 150 valence electrons. The molecule has 2 atom stereocenters. The summed E-state index contributed by atoms with van der Waals surface area (Å²) >= 11 is 0. The molecule has 0 aliphatic carbocycles. The van der Waals surface area contributed by atoms with E-state index in [9.17, 15) is 14.0 Å². The number of nitrogens with one attached hydrogen (secondary N) is 1.